The van der Waals surface area contributed by atoms with Gasteiger partial charge in [0.05, 0.1) is 6.10 Å². The largest absolute Gasteiger partial charge is 0.508 e. The fraction of sp³-hybridized carbons (Fsp3) is 0.625. The molecule has 0 aliphatic heterocycles. The number of phenolic OH excluding ortho intramolecular Hbond substituents is 1. The first-order valence-corrected chi connectivity index (χ1v) is 7.45. The summed E-state index contributed by atoms with van der Waals surface area (Å²) in [4.78, 5) is 0. The van der Waals surface area contributed by atoms with Gasteiger partial charge in [0.2, 0.25) is 0 Å². The van der Waals surface area contributed by atoms with Crippen LogP contribution < -0.4 is 5.32 Å². The van der Waals surface area contributed by atoms with Gasteiger partial charge >= 0.3 is 0 Å². The summed E-state index contributed by atoms with van der Waals surface area (Å²) in [6, 6.07) is 7.34. The van der Waals surface area contributed by atoms with Gasteiger partial charge in [-0.1, -0.05) is 31.4 Å². The molecule has 1 fully saturated rings. The van der Waals surface area contributed by atoms with Crippen LogP contribution in [0.25, 0.3) is 0 Å². The molecule has 0 radical (unpaired) electrons. The lowest BCUT2D eigenvalue weighted by Gasteiger charge is -2.21. The van der Waals surface area contributed by atoms with E-state index in [9.17, 15) is 5.11 Å². The molecule has 3 nitrogen and oxygen atoms in total. The smallest absolute Gasteiger partial charge is 0.115 e. The number of rotatable bonds is 7. The molecule has 0 aromatic heterocycles. The van der Waals surface area contributed by atoms with Gasteiger partial charge < -0.3 is 15.2 Å². The van der Waals surface area contributed by atoms with E-state index in [2.05, 4.69) is 5.32 Å². The van der Waals surface area contributed by atoms with Crippen molar-refractivity contribution in [2.24, 2.45) is 0 Å². The minimum absolute atomic E-state index is 0.324. The van der Waals surface area contributed by atoms with Crippen LogP contribution in [-0.2, 0) is 11.3 Å². The molecule has 106 valence electrons. The summed E-state index contributed by atoms with van der Waals surface area (Å²) in [5.74, 6) is 0.324. The fourth-order valence-electron chi connectivity index (χ4n) is 2.53. The second-order valence-electron chi connectivity index (χ2n) is 5.33. The number of ether oxygens (including phenoxy) is 1. The van der Waals surface area contributed by atoms with Crippen LogP contribution in [0.5, 0.6) is 5.75 Å². The molecule has 0 saturated heterocycles. The Kier molecular flexibility index (Phi) is 6.18. The Morgan fingerprint density at radius 3 is 2.58 bits per heavy atom. The number of phenols is 1. The molecule has 1 saturated carbocycles. The zero-order chi connectivity index (χ0) is 13.3. The SMILES string of the molecule is Oc1ccc(CNCCCOC2CCCCC2)cc1. The van der Waals surface area contributed by atoms with Crippen molar-refractivity contribution in [2.45, 2.75) is 51.2 Å². The molecule has 0 heterocycles. The molecule has 2 N–H and O–H groups in total. The summed E-state index contributed by atoms with van der Waals surface area (Å²) in [6.07, 6.45) is 8.14. The lowest BCUT2D eigenvalue weighted by atomic mass is 9.98. The topological polar surface area (TPSA) is 41.5 Å². The van der Waals surface area contributed by atoms with Crippen LogP contribution in [0.4, 0.5) is 0 Å². The van der Waals surface area contributed by atoms with E-state index < -0.39 is 0 Å². The van der Waals surface area contributed by atoms with Crippen molar-refractivity contribution in [3.8, 4) is 5.75 Å². The van der Waals surface area contributed by atoms with Crippen molar-refractivity contribution in [3.05, 3.63) is 29.8 Å². The minimum Gasteiger partial charge on any atom is -0.508 e. The van der Waals surface area contributed by atoms with Crippen molar-refractivity contribution in [1.82, 2.24) is 5.32 Å². The molecular weight excluding hydrogens is 238 g/mol. The Morgan fingerprint density at radius 2 is 1.84 bits per heavy atom. The first kappa shape index (κ1) is 14.4. The second kappa shape index (κ2) is 8.18. The first-order chi connectivity index (χ1) is 9.34. The Balaban J connectivity index is 1.49. The van der Waals surface area contributed by atoms with E-state index in [0.717, 1.165) is 26.1 Å². The average Bonchev–Trinajstić information content (AvgIpc) is 2.46. The standard InChI is InChI=1S/C16H25NO2/c18-15-9-7-14(8-10-15)13-17-11-4-12-19-16-5-2-1-3-6-16/h7-10,16-18H,1-6,11-13H2. The highest BCUT2D eigenvalue weighted by Crippen LogP contribution is 2.20. The summed E-state index contributed by atoms with van der Waals surface area (Å²) in [5, 5.41) is 12.6. The predicted octanol–water partition coefficient (Wildman–Crippen LogP) is 3.22. The van der Waals surface area contributed by atoms with Crippen LogP contribution in [0.3, 0.4) is 0 Å². The predicted molar refractivity (Wildman–Crippen MR) is 77.3 cm³/mol. The molecule has 0 amide bonds. The zero-order valence-corrected chi connectivity index (χ0v) is 11.6. The van der Waals surface area contributed by atoms with Gasteiger partial charge in [-0.3, -0.25) is 0 Å². The number of benzene rings is 1. The van der Waals surface area contributed by atoms with Crippen molar-refractivity contribution in [2.75, 3.05) is 13.2 Å². The lowest BCUT2D eigenvalue weighted by molar-refractivity contribution is 0.0273. The Morgan fingerprint density at radius 1 is 1.11 bits per heavy atom. The molecule has 0 unspecified atom stereocenters. The van der Waals surface area contributed by atoms with E-state index >= 15 is 0 Å². The third-order valence-electron chi connectivity index (χ3n) is 3.67. The van der Waals surface area contributed by atoms with Crippen LogP contribution in [0.15, 0.2) is 24.3 Å². The average molecular weight is 263 g/mol. The lowest BCUT2D eigenvalue weighted by Crippen LogP contribution is -2.20. The quantitative estimate of drug-likeness (QED) is 0.742. The van der Waals surface area contributed by atoms with Crippen LogP contribution >= 0.6 is 0 Å². The van der Waals surface area contributed by atoms with Crippen LogP contribution in [0.2, 0.25) is 0 Å². The minimum atomic E-state index is 0.324. The Labute approximate surface area is 116 Å². The molecule has 19 heavy (non-hydrogen) atoms. The summed E-state index contributed by atoms with van der Waals surface area (Å²) in [7, 11) is 0. The fourth-order valence-corrected chi connectivity index (χ4v) is 2.53. The monoisotopic (exact) mass is 263 g/mol. The van der Waals surface area contributed by atoms with Gasteiger partial charge in [0.25, 0.3) is 0 Å². The third-order valence-corrected chi connectivity index (χ3v) is 3.67. The normalized spacial score (nSPS) is 16.6. The molecular formula is C16H25NO2. The highest BCUT2D eigenvalue weighted by Gasteiger charge is 2.12. The molecule has 0 spiro atoms. The van der Waals surface area contributed by atoms with Gasteiger partial charge in [0.15, 0.2) is 0 Å². The number of hydrogen-bond acceptors (Lipinski definition) is 3. The van der Waals surface area contributed by atoms with Crippen LogP contribution in [0.1, 0.15) is 44.1 Å². The molecule has 2 rings (SSSR count). The second-order valence-corrected chi connectivity index (χ2v) is 5.33. The molecule has 0 bridgehead atoms. The van der Waals surface area contributed by atoms with Crippen molar-refractivity contribution in [3.63, 3.8) is 0 Å². The molecule has 1 aliphatic carbocycles. The number of hydrogen-bond donors (Lipinski definition) is 2. The van der Waals surface area contributed by atoms with Gasteiger partial charge in [-0.25, -0.2) is 0 Å². The van der Waals surface area contributed by atoms with Gasteiger partial charge in [0, 0.05) is 13.2 Å². The number of aromatic hydroxyl groups is 1. The van der Waals surface area contributed by atoms with E-state index in [4.69, 9.17) is 4.74 Å². The van der Waals surface area contributed by atoms with Crippen molar-refractivity contribution >= 4 is 0 Å². The molecule has 0 atom stereocenters. The molecule has 1 aliphatic rings. The van der Waals surface area contributed by atoms with Crippen molar-refractivity contribution < 1.29 is 9.84 Å². The summed E-state index contributed by atoms with van der Waals surface area (Å²) < 4.78 is 5.88. The van der Waals surface area contributed by atoms with Crippen LogP contribution in [-0.4, -0.2) is 24.4 Å². The van der Waals surface area contributed by atoms with E-state index in [0.29, 0.717) is 11.9 Å². The Hall–Kier alpha value is -1.06. The Bertz CT molecular complexity index is 344. The summed E-state index contributed by atoms with van der Waals surface area (Å²) >= 11 is 0. The van der Waals surface area contributed by atoms with Gasteiger partial charge in [0.1, 0.15) is 5.75 Å². The summed E-state index contributed by atoms with van der Waals surface area (Å²) in [6.45, 7) is 2.70. The van der Waals surface area contributed by atoms with E-state index in [1.165, 1.54) is 37.7 Å². The van der Waals surface area contributed by atoms with Gasteiger partial charge in [-0.05, 0) is 43.5 Å². The molecule has 1 aromatic carbocycles. The van der Waals surface area contributed by atoms with E-state index in [-0.39, 0.29) is 0 Å². The first-order valence-electron chi connectivity index (χ1n) is 7.45. The summed E-state index contributed by atoms with van der Waals surface area (Å²) in [5.41, 5.74) is 1.20. The third kappa shape index (κ3) is 5.62. The van der Waals surface area contributed by atoms with Gasteiger partial charge in [-0.2, -0.15) is 0 Å². The van der Waals surface area contributed by atoms with Crippen LogP contribution in [0, 0.1) is 0 Å². The molecule has 3 heteroatoms. The molecule has 1 aromatic rings. The highest BCUT2D eigenvalue weighted by molar-refractivity contribution is 5.25. The van der Waals surface area contributed by atoms with Gasteiger partial charge in [-0.15, -0.1) is 0 Å². The van der Waals surface area contributed by atoms with Crippen molar-refractivity contribution in [1.29, 1.82) is 0 Å². The van der Waals surface area contributed by atoms with E-state index in [1.807, 2.05) is 12.1 Å². The zero-order valence-electron chi connectivity index (χ0n) is 11.6. The maximum Gasteiger partial charge on any atom is 0.115 e. The maximum absolute atomic E-state index is 9.19. The highest BCUT2D eigenvalue weighted by atomic mass is 16.5. The maximum atomic E-state index is 9.19. The van der Waals surface area contributed by atoms with E-state index in [1.54, 1.807) is 12.1 Å². The number of nitrogens with one attached hydrogen (secondary N) is 1.